The molecule has 2 aromatic heterocycles. The minimum absolute atomic E-state index is 0.232. The predicted molar refractivity (Wildman–Crippen MR) is 140 cm³/mol. The van der Waals surface area contributed by atoms with Crippen LogP contribution in [0.4, 0.5) is 14.9 Å². The van der Waals surface area contributed by atoms with E-state index < -0.39 is 23.4 Å². The summed E-state index contributed by atoms with van der Waals surface area (Å²) in [5.41, 5.74) is 3.21. The number of halogens is 2. The maximum atomic E-state index is 15.2. The molecule has 0 saturated carbocycles. The smallest absolute Gasteiger partial charge is 0.435 e. The molecule has 1 N–H and O–H groups in total. The topological polar surface area (TPSA) is 91.0 Å². The molecule has 36 heavy (non-hydrogen) atoms. The standard InChI is InChI=1S/C26H29ClFN5O3/c1-8-21-19(10-16(3)23-15(2)9-18(11-20(23)28)30-22(34)12-27)24(17-13-29-32(7)14-17)31-33(21)25(35)36-26(4,5)6/h8-11,13-14H,1,12H2,2-7H3,(H,30,34)/b16-10+. The molecule has 1 amide bonds. The summed E-state index contributed by atoms with van der Waals surface area (Å²) in [7, 11) is 1.77. The number of benzene rings is 1. The Morgan fingerprint density at radius 1 is 1.31 bits per heavy atom. The lowest BCUT2D eigenvalue weighted by molar-refractivity contribution is -0.113. The summed E-state index contributed by atoms with van der Waals surface area (Å²) in [4.78, 5) is 24.6. The Balaban J connectivity index is 2.18. The number of carbonyl (C=O) groups excluding carboxylic acids is 2. The molecule has 0 bridgehead atoms. The van der Waals surface area contributed by atoms with Gasteiger partial charge in [-0.05, 0) is 70.0 Å². The summed E-state index contributed by atoms with van der Waals surface area (Å²) in [5, 5.41) is 11.3. The van der Waals surface area contributed by atoms with Gasteiger partial charge in [-0.1, -0.05) is 6.58 Å². The third-order valence-electron chi connectivity index (χ3n) is 5.15. The van der Waals surface area contributed by atoms with Gasteiger partial charge in [-0.25, -0.2) is 9.18 Å². The Labute approximate surface area is 214 Å². The van der Waals surface area contributed by atoms with E-state index in [0.717, 1.165) is 4.68 Å². The number of anilines is 1. The monoisotopic (exact) mass is 513 g/mol. The summed E-state index contributed by atoms with van der Waals surface area (Å²) in [5.74, 6) is -1.18. The van der Waals surface area contributed by atoms with Gasteiger partial charge in [0, 0.05) is 35.6 Å². The molecule has 0 radical (unpaired) electrons. The largest absolute Gasteiger partial charge is 0.442 e. The van der Waals surface area contributed by atoms with Crippen molar-refractivity contribution in [2.45, 2.75) is 40.2 Å². The lowest BCUT2D eigenvalue weighted by Gasteiger charge is -2.19. The fourth-order valence-electron chi connectivity index (χ4n) is 3.78. The molecule has 190 valence electrons. The number of carbonyl (C=O) groups is 2. The van der Waals surface area contributed by atoms with E-state index in [-0.39, 0.29) is 5.88 Å². The number of rotatable bonds is 6. The van der Waals surface area contributed by atoms with Crippen molar-refractivity contribution >= 4 is 47.0 Å². The predicted octanol–water partition coefficient (Wildman–Crippen LogP) is 5.90. The van der Waals surface area contributed by atoms with Crippen molar-refractivity contribution < 1.29 is 18.7 Å². The molecule has 0 unspecified atom stereocenters. The molecule has 0 saturated heterocycles. The second-order valence-electron chi connectivity index (χ2n) is 9.31. The number of hydrogen-bond acceptors (Lipinski definition) is 5. The van der Waals surface area contributed by atoms with Gasteiger partial charge in [0.05, 0.1) is 11.9 Å². The van der Waals surface area contributed by atoms with Gasteiger partial charge in [-0.3, -0.25) is 9.48 Å². The molecule has 8 nitrogen and oxygen atoms in total. The molecule has 0 spiro atoms. The van der Waals surface area contributed by atoms with Crippen LogP contribution in [0.3, 0.4) is 0 Å². The second-order valence-corrected chi connectivity index (χ2v) is 9.57. The van der Waals surface area contributed by atoms with Gasteiger partial charge in [0.25, 0.3) is 0 Å². The fourth-order valence-corrected chi connectivity index (χ4v) is 3.85. The van der Waals surface area contributed by atoms with E-state index in [2.05, 4.69) is 22.1 Å². The van der Waals surface area contributed by atoms with Gasteiger partial charge in [-0.15, -0.1) is 11.6 Å². The van der Waals surface area contributed by atoms with Crippen LogP contribution in [0.1, 0.15) is 50.1 Å². The van der Waals surface area contributed by atoms with Gasteiger partial charge in [-0.2, -0.15) is 14.9 Å². The number of nitrogens with one attached hydrogen (secondary N) is 1. The van der Waals surface area contributed by atoms with Crippen molar-refractivity contribution in [2.75, 3.05) is 11.2 Å². The van der Waals surface area contributed by atoms with Crippen LogP contribution < -0.4 is 5.32 Å². The van der Waals surface area contributed by atoms with E-state index >= 15 is 4.39 Å². The van der Waals surface area contributed by atoms with Gasteiger partial charge < -0.3 is 10.1 Å². The van der Waals surface area contributed by atoms with E-state index in [1.54, 1.807) is 70.9 Å². The molecular formula is C26H29ClFN5O3. The first-order valence-corrected chi connectivity index (χ1v) is 11.7. The van der Waals surface area contributed by atoms with Crippen molar-refractivity contribution in [1.82, 2.24) is 19.6 Å². The third kappa shape index (κ3) is 5.91. The minimum Gasteiger partial charge on any atom is -0.442 e. The van der Waals surface area contributed by atoms with Crippen LogP contribution >= 0.6 is 11.6 Å². The zero-order valence-electron chi connectivity index (χ0n) is 21.1. The quantitative estimate of drug-likeness (QED) is 0.415. The lowest BCUT2D eigenvalue weighted by atomic mass is 9.97. The number of hydrogen-bond donors (Lipinski definition) is 1. The lowest BCUT2D eigenvalue weighted by Crippen LogP contribution is -2.28. The zero-order chi connectivity index (χ0) is 26.8. The van der Waals surface area contributed by atoms with Crippen molar-refractivity contribution in [3.8, 4) is 11.3 Å². The summed E-state index contributed by atoms with van der Waals surface area (Å²) in [6, 6.07) is 2.91. The summed E-state index contributed by atoms with van der Waals surface area (Å²) in [6.45, 7) is 12.7. The number of amides is 1. The van der Waals surface area contributed by atoms with E-state index in [0.29, 0.717) is 44.9 Å². The normalized spacial score (nSPS) is 11.9. The number of ether oxygens (including phenoxy) is 1. The maximum absolute atomic E-state index is 15.2. The SMILES string of the molecule is C=Cc1c(/C=C(\C)c2c(C)cc(NC(=O)CCl)cc2F)c(-c2cnn(C)c2)nn1C(=O)OC(C)(C)C. The van der Waals surface area contributed by atoms with Crippen molar-refractivity contribution in [1.29, 1.82) is 0 Å². The number of alkyl halides is 1. The van der Waals surface area contributed by atoms with Gasteiger partial charge >= 0.3 is 6.09 Å². The molecule has 2 heterocycles. The first kappa shape index (κ1) is 26.9. The molecule has 10 heteroatoms. The van der Waals surface area contributed by atoms with E-state index in [1.807, 2.05) is 0 Å². The highest BCUT2D eigenvalue weighted by Crippen LogP contribution is 2.33. The molecule has 3 rings (SSSR count). The highest BCUT2D eigenvalue weighted by molar-refractivity contribution is 6.29. The van der Waals surface area contributed by atoms with Crippen LogP contribution in [0, 0.1) is 12.7 Å². The highest BCUT2D eigenvalue weighted by atomic mass is 35.5. The van der Waals surface area contributed by atoms with Gasteiger partial charge in [0.1, 0.15) is 23.0 Å². The molecule has 0 aliphatic heterocycles. The Hall–Kier alpha value is -3.72. The average molecular weight is 514 g/mol. The van der Waals surface area contributed by atoms with E-state index in [4.69, 9.17) is 16.3 Å². The van der Waals surface area contributed by atoms with E-state index in [1.165, 1.54) is 12.1 Å². The highest BCUT2D eigenvalue weighted by Gasteiger charge is 2.25. The third-order valence-corrected chi connectivity index (χ3v) is 5.39. The molecule has 0 atom stereocenters. The van der Waals surface area contributed by atoms with Crippen LogP contribution in [0.2, 0.25) is 0 Å². The van der Waals surface area contributed by atoms with Gasteiger partial charge in [0.2, 0.25) is 5.91 Å². The Morgan fingerprint density at radius 2 is 2.00 bits per heavy atom. The number of aromatic nitrogens is 4. The number of allylic oxidation sites excluding steroid dienone is 1. The second kappa shape index (κ2) is 10.5. The van der Waals surface area contributed by atoms with Crippen molar-refractivity contribution in [3.05, 3.63) is 59.3 Å². The van der Waals surface area contributed by atoms with Crippen LogP contribution in [0.5, 0.6) is 0 Å². The van der Waals surface area contributed by atoms with Crippen LogP contribution in [-0.2, 0) is 16.6 Å². The minimum atomic E-state index is -0.733. The molecule has 3 aromatic rings. The van der Waals surface area contributed by atoms with E-state index in [9.17, 15) is 9.59 Å². The van der Waals surface area contributed by atoms with Crippen LogP contribution in [-0.4, -0.2) is 43.0 Å². The molecule has 0 aliphatic rings. The van der Waals surface area contributed by atoms with Crippen LogP contribution in [0.25, 0.3) is 29.0 Å². The maximum Gasteiger partial charge on any atom is 0.435 e. The number of aryl methyl sites for hydroxylation is 2. The Kier molecular flexibility index (Phi) is 7.83. The van der Waals surface area contributed by atoms with Gasteiger partial charge in [0.15, 0.2) is 0 Å². The molecule has 0 aliphatic carbocycles. The first-order valence-electron chi connectivity index (χ1n) is 11.2. The Morgan fingerprint density at radius 3 is 2.53 bits per heavy atom. The summed E-state index contributed by atoms with van der Waals surface area (Å²) < 4.78 is 23.5. The molecule has 0 fully saturated rings. The summed E-state index contributed by atoms with van der Waals surface area (Å²) >= 11 is 5.54. The van der Waals surface area contributed by atoms with Crippen LogP contribution in [0.15, 0.2) is 31.1 Å². The summed E-state index contributed by atoms with van der Waals surface area (Å²) in [6.07, 6.45) is 5.98. The Bertz CT molecular complexity index is 1340. The number of nitrogens with zero attached hydrogens (tertiary/aromatic N) is 4. The average Bonchev–Trinajstić information content (AvgIpc) is 3.35. The first-order chi connectivity index (χ1) is 16.8. The van der Waals surface area contributed by atoms with Crippen molar-refractivity contribution in [2.24, 2.45) is 7.05 Å². The van der Waals surface area contributed by atoms with Crippen molar-refractivity contribution in [3.63, 3.8) is 0 Å². The zero-order valence-corrected chi connectivity index (χ0v) is 21.9. The molecule has 1 aromatic carbocycles. The fraction of sp³-hybridized carbons (Fsp3) is 0.308. The molecular weight excluding hydrogens is 485 g/mol.